The summed E-state index contributed by atoms with van der Waals surface area (Å²) in [5, 5.41) is 3.13. The first-order valence-corrected chi connectivity index (χ1v) is 12.8. The molecule has 0 radical (unpaired) electrons. The lowest BCUT2D eigenvalue weighted by molar-refractivity contribution is 0.0694. The third-order valence-electron chi connectivity index (χ3n) is 6.94. The Kier molecular flexibility index (Phi) is 5.34. The number of hydrogen-bond acceptors (Lipinski definition) is 5. The summed E-state index contributed by atoms with van der Waals surface area (Å²) >= 11 is 7.74. The second-order valence-electron chi connectivity index (χ2n) is 9.34. The number of halogens is 1. The van der Waals surface area contributed by atoms with Gasteiger partial charge >= 0.3 is 0 Å². The molecule has 2 fully saturated rings. The van der Waals surface area contributed by atoms with Crippen LogP contribution in [-0.2, 0) is 6.42 Å². The van der Waals surface area contributed by atoms with Gasteiger partial charge in [0.1, 0.15) is 11.4 Å². The average Bonchev–Trinajstić information content (AvgIpc) is 3.32. The molecule has 3 atom stereocenters. The molecule has 35 heavy (non-hydrogen) atoms. The Hall–Kier alpha value is -3.29. The molecular weight excluding hydrogens is 480 g/mol. The number of benzene rings is 2. The van der Waals surface area contributed by atoms with Crippen LogP contribution in [0.5, 0.6) is 0 Å². The van der Waals surface area contributed by atoms with Gasteiger partial charge in [0.2, 0.25) is 0 Å². The zero-order valence-corrected chi connectivity index (χ0v) is 20.6. The maximum absolute atomic E-state index is 13.9. The van der Waals surface area contributed by atoms with Crippen molar-refractivity contribution in [3.05, 3.63) is 81.7 Å². The van der Waals surface area contributed by atoms with Gasteiger partial charge in [0, 0.05) is 34.6 Å². The summed E-state index contributed by atoms with van der Waals surface area (Å²) < 4.78 is 0. The quantitative estimate of drug-likeness (QED) is 0.403. The maximum atomic E-state index is 13.9. The van der Waals surface area contributed by atoms with E-state index in [2.05, 4.69) is 9.97 Å². The minimum Gasteiger partial charge on any atom is -0.364 e. The Labute approximate surface area is 211 Å². The van der Waals surface area contributed by atoms with Crippen molar-refractivity contribution in [2.45, 2.75) is 38.3 Å². The summed E-state index contributed by atoms with van der Waals surface area (Å²) in [6.07, 6.45) is 2.52. The number of nitrogens with two attached hydrogens (primary N) is 1. The van der Waals surface area contributed by atoms with Gasteiger partial charge in [-0.15, -0.1) is 11.3 Å². The molecule has 0 bridgehead atoms. The third-order valence-corrected chi connectivity index (χ3v) is 8.20. The normalized spacial score (nSPS) is 20.7. The number of amides is 2. The van der Waals surface area contributed by atoms with Crippen LogP contribution in [0.15, 0.2) is 54.6 Å². The first kappa shape index (κ1) is 22.2. The molecule has 8 heteroatoms. The number of primary amides is 1. The Balaban J connectivity index is 1.34. The van der Waals surface area contributed by atoms with Crippen molar-refractivity contribution in [2.24, 2.45) is 11.7 Å². The number of fused-ring (bicyclic) bond motifs is 2. The summed E-state index contributed by atoms with van der Waals surface area (Å²) in [6, 6.07) is 17.4. The van der Waals surface area contributed by atoms with Crippen LogP contribution >= 0.6 is 22.9 Å². The van der Waals surface area contributed by atoms with Crippen molar-refractivity contribution in [1.82, 2.24) is 14.9 Å². The first-order valence-electron chi connectivity index (χ1n) is 11.6. The molecule has 1 saturated heterocycles. The molecule has 0 spiro atoms. The molecule has 2 aromatic heterocycles. The predicted octanol–water partition coefficient (Wildman–Crippen LogP) is 5.26. The molecule has 6 rings (SSSR count). The average molecular weight is 503 g/mol. The molecule has 2 aliphatic rings. The molecular formula is C27H23ClN4O2S. The molecule has 6 nitrogen and oxygen atoms in total. The van der Waals surface area contributed by atoms with Gasteiger partial charge in [0.15, 0.2) is 0 Å². The Morgan fingerprint density at radius 3 is 2.71 bits per heavy atom. The number of aryl methyl sites for hydroxylation is 1. The van der Waals surface area contributed by atoms with Crippen molar-refractivity contribution in [2.75, 3.05) is 0 Å². The smallest absolute Gasteiger partial charge is 0.274 e. The SMILES string of the molecule is Cc1nc(C(=O)N2[C@H](Cc3cc4ccccc4c(C(N)=O)n3)C[C@@H]3C[C@@H]32)c(-c2cccc(Cl)c2)s1. The molecule has 1 aliphatic heterocycles. The number of hydrogen-bond donors (Lipinski definition) is 1. The van der Waals surface area contributed by atoms with Crippen LogP contribution in [0.25, 0.3) is 21.2 Å². The molecule has 176 valence electrons. The van der Waals surface area contributed by atoms with Crippen LogP contribution in [0.3, 0.4) is 0 Å². The van der Waals surface area contributed by atoms with Gasteiger partial charge in [0.05, 0.1) is 9.88 Å². The van der Waals surface area contributed by atoms with Gasteiger partial charge in [-0.1, -0.05) is 48.0 Å². The number of carbonyl (C=O) groups excluding carboxylic acids is 2. The number of carbonyl (C=O) groups is 2. The van der Waals surface area contributed by atoms with E-state index in [4.69, 9.17) is 17.3 Å². The molecule has 2 amide bonds. The molecule has 0 unspecified atom stereocenters. The van der Waals surface area contributed by atoms with E-state index in [0.717, 1.165) is 44.8 Å². The zero-order chi connectivity index (χ0) is 24.3. The summed E-state index contributed by atoms with van der Waals surface area (Å²) in [6.45, 7) is 1.92. The van der Waals surface area contributed by atoms with Gasteiger partial charge in [0.25, 0.3) is 11.8 Å². The number of piperidine rings is 1. The highest BCUT2D eigenvalue weighted by molar-refractivity contribution is 7.15. The van der Waals surface area contributed by atoms with Crippen molar-refractivity contribution in [3.63, 3.8) is 0 Å². The van der Waals surface area contributed by atoms with E-state index in [0.29, 0.717) is 23.1 Å². The number of thiazole rings is 1. The zero-order valence-electron chi connectivity index (χ0n) is 19.1. The molecule has 2 N–H and O–H groups in total. The lowest BCUT2D eigenvalue weighted by Gasteiger charge is -2.27. The number of likely N-dealkylation sites (tertiary alicyclic amines) is 1. The summed E-state index contributed by atoms with van der Waals surface area (Å²) in [5.74, 6) is -0.0843. The van der Waals surface area contributed by atoms with Crippen LogP contribution < -0.4 is 5.73 Å². The summed E-state index contributed by atoms with van der Waals surface area (Å²) in [4.78, 5) is 38.1. The van der Waals surface area contributed by atoms with Gasteiger partial charge in [-0.2, -0.15) is 0 Å². The number of aromatic nitrogens is 2. The monoisotopic (exact) mass is 502 g/mol. The van der Waals surface area contributed by atoms with Gasteiger partial charge in [-0.25, -0.2) is 9.97 Å². The highest BCUT2D eigenvalue weighted by Gasteiger charge is 2.54. The van der Waals surface area contributed by atoms with E-state index in [-0.39, 0.29) is 23.7 Å². The molecule has 1 saturated carbocycles. The van der Waals surface area contributed by atoms with Crippen LogP contribution in [0, 0.1) is 12.8 Å². The third kappa shape index (κ3) is 3.98. The van der Waals surface area contributed by atoms with Crippen molar-refractivity contribution in [1.29, 1.82) is 0 Å². The van der Waals surface area contributed by atoms with Gasteiger partial charge in [-0.3, -0.25) is 9.59 Å². The van der Waals surface area contributed by atoms with Gasteiger partial charge < -0.3 is 10.6 Å². The fourth-order valence-corrected chi connectivity index (χ4v) is 6.46. The number of nitrogens with zero attached hydrogens (tertiary/aromatic N) is 3. The second-order valence-corrected chi connectivity index (χ2v) is 11.0. The largest absolute Gasteiger partial charge is 0.364 e. The Bertz CT molecular complexity index is 1500. The first-order chi connectivity index (χ1) is 16.9. The van der Waals surface area contributed by atoms with E-state index in [9.17, 15) is 9.59 Å². The van der Waals surface area contributed by atoms with Crippen molar-refractivity contribution in [3.8, 4) is 10.4 Å². The summed E-state index contributed by atoms with van der Waals surface area (Å²) in [7, 11) is 0. The van der Waals surface area contributed by atoms with E-state index >= 15 is 0 Å². The van der Waals surface area contributed by atoms with Crippen molar-refractivity contribution >= 4 is 45.5 Å². The molecule has 2 aromatic carbocycles. The standard InChI is InChI=1S/C27H23ClN4O2S/c1-14-30-24(25(35-14)16-6-4-7-18(28)9-16)27(34)32-20(11-17-12-22(17)32)13-19-10-15-5-2-3-8-21(15)23(31-19)26(29)33/h2-10,17,20,22H,11-13H2,1H3,(H2,29,33)/t17-,20+,22+/m1/s1. The minimum atomic E-state index is -0.547. The van der Waals surface area contributed by atoms with Crippen LogP contribution in [-0.4, -0.2) is 38.8 Å². The maximum Gasteiger partial charge on any atom is 0.274 e. The minimum absolute atomic E-state index is 0.00476. The fraction of sp³-hybridized carbons (Fsp3) is 0.259. The van der Waals surface area contributed by atoms with Gasteiger partial charge in [-0.05, 0) is 54.8 Å². The second kappa shape index (κ2) is 8.43. The fourth-order valence-electron chi connectivity index (χ4n) is 5.37. The summed E-state index contributed by atoms with van der Waals surface area (Å²) in [5.41, 5.74) is 8.07. The molecule has 4 aromatic rings. The van der Waals surface area contributed by atoms with Crippen LogP contribution in [0.4, 0.5) is 0 Å². The highest BCUT2D eigenvalue weighted by Crippen LogP contribution is 2.49. The number of rotatable bonds is 5. The van der Waals surface area contributed by atoms with E-state index in [1.165, 1.54) is 11.3 Å². The Morgan fingerprint density at radius 1 is 1.09 bits per heavy atom. The number of pyridine rings is 1. The van der Waals surface area contributed by atoms with E-state index < -0.39 is 5.91 Å². The van der Waals surface area contributed by atoms with E-state index in [1.54, 1.807) is 0 Å². The lowest BCUT2D eigenvalue weighted by Crippen LogP contribution is -2.40. The lowest BCUT2D eigenvalue weighted by atomic mass is 10.0. The highest BCUT2D eigenvalue weighted by atomic mass is 35.5. The molecule has 1 aliphatic carbocycles. The van der Waals surface area contributed by atoms with Crippen LogP contribution in [0.2, 0.25) is 5.02 Å². The molecule has 3 heterocycles. The van der Waals surface area contributed by atoms with Crippen LogP contribution in [0.1, 0.15) is 44.5 Å². The van der Waals surface area contributed by atoms with E-state index in [1.807, 2.05) is 66.4 Å². The van der Waals surface area contributed by atoms with Crippen molar-refractivity contribution < 1.29 is 9.59 Å². The Morgan fingerprint density at radius 2 is 1.91 bits per heavy atom. The predicted molar refractivity (Wildman–Crippen MR) is 138 cm³/mol. The topological polar surface area (TPSA) is 89.2 Å².